The molecule has 0 unspecified atom stereocenters. The van der Waals surface area contributed by atoms with E-state index in [0.717, 1.165) is 10.1 Å². The maximum Gasteiger partial charge on any atom is 0.0998 e. The average Bonchev–Trinajstić information content (AvgIpc) is 2.50. The summed E-state index contributed by atoms with van der Waals surface area (Å²) in [7, 11) is 0. The Morgan fingerprint density at radius 2 is 2.45 bits per heavy atom. The van der Waals surface area contributed by atoms with Crippen LogP contribution in [0.15, 0.2) is 23.6 Å². The summed E-state index contributed by atoms with van der Waals surface area (Å²) in [5, 5.41) is 11.7. The Kier molecular flexibility index (Phi) is 1.38. The van der Waals surface area contributed by atoms with Gasteiger partial charge in [0.1, 0.15) is 0 Å². The zero-order valence-electron chi connectivity index (χ0n) is 5.66. The van der Waals surface area contributed by atoms with Crippen molar-refractivity contribution in [1.29, 1.82) is 5.26 Å². The number of fused-ring (bicyclic) bond motifs is 1. The highest BCUT2D eigenvalue weighted by atomic mass is 32.1. The molecule has 0 saturated heterocycles. The molecule has 51 valence electrons. The fourth-order valence-corrected chi connectivity index (χ4v) is 1.77. The lowest BCUT2D eigenvalue weighted by Crippen LogP contribution is -1.70. The molecule has 0 amide bonds. The summed E-state index contributed by atoms with van der Waals surface area (Å²) in [6.07, 6.45) is 0. The average molecular weight is 158 g/mol. The predicted molar refractivity (Wildman–Crippen MR) is 45.4 cm³/mol. The van der Waals surface area contributed by atoms with Crippen LogP contribution in [0.3, 0.4) is 0 Å². The number of nitriles is 1. The molecule has 0 aliphatic heterocycles. The van der Waals surface area contributed by atoms with E-state index in [1.807, 2.05) is 23.6 Å². The zero-order chi connectivity index (χ0) is 7.68. The van der Waals surface area contributed by atoms with Gasteiger partial charge in [0.2, 0.25) is 0 Å². The van der Waals surface area contributed by atoms with Crippen molar-refractivity contribution in [2.24, 2.45) is 0 Å². The van der Waals surface area contributed by atoms with Gasteiger partial charge in [0.15, 0.2) is 0 Å². The van der Waals surface area contributed by atoms with E-state index in [1.54, 1.807) is 11.3 Å². The summed E-state index contributed by atoms with van der Waals surface area (Å²) < 4.78 is 1.15. The molecule has 0 saturated carbocycles. The van der Waals surface area contributed by atoms with Crippen molar-refractivity contribution in [3.63, 3.8) is 0 Å². The predicted octanol–water partition coefficient (Wildman–Crippen LogP) is 2.57. The molecule has 1 aromatic carbocycles. The summed E-state index contributed by atoms with van der Waals surface area (Å²) in [6.45, 7) is 0. The molecular weight excluding hydrogens is 154 g/mol. The number of hydrogen-bond donors (Lipinski definition) is 0. The first-order chi connectivity index (χ1) is 5.40. The van der Waals surface area contributed by atoms with Crippen LogP contribution in [-0.4, -0.2) is 0 Å². The van der Waals surface area contributed by atoms with Crippen molar-refractivity contribution in [1.82, 2.24) is 0 Å². The second kappa shape index (κ2) is 2.37. The molecule has 2 heteroatoms. The van der Waals surface area contributed by atoms with Gasteiger partial charge in [-0.25, -0.2) is 0 Å². The number of hydrogen-bond acceptors (Lipinski definition) is 2. The van der Waals surface area contributed by atoms with Crippen LogP contribution in [0.2, 0.25) is 0 Å². The minimum atomic E-state index is 0.611. The second-order valence-corrected chi connectivity index (χ2v) is 3.15. The maximum atomic E-state index is 8.56. The Bertz CT molecular complexity index is 422. The second-order valence-electron chi connectivity index (χ2n) is 2.20. The van der Waals surface area contributed by atoms with E-state index in [2.05, 4.69) is 12.1 Å². The molecule has 0 aliphatic rings. The lowest BCUT2D eigenvalue weighted by Gasteiger charge is -1.87. The molecule has 2 aromatic rings. The smallest absolute Gasteiger partial charge is 0.0998 e. The van der Waals surface area contributed by atoms with Gasteiger partial charge in [-0.1, -0.05) is 0 Å². The van der Waals surface area contributed by atoms with Crippen molar-refractivity contribution >= 4 is 21.4 Å². The van der Waals surface area contributed by atoms with Gasteiger partial charge in [-0.15, -0.1) is 11.3 Å². The van der Waals surface area contributed by atoms with Gasteiger partial charge in [-0.2, -0.15) is 5.26 Å². The van der Waals surface area contributed by atoms with E-state index in [0.29, 0.717) is 5.56 Å². The van der Waals surface area contributed by atoms with Crippen LogP contribution >= 0.6 is 11.3 Å². The molecule has 11 heavy (non-hydrogen) atoms. The minimum Gasteiger partial charge on any atom is -0.192 e. The highest BCUT2D eigenvalue weighted by Crippen LogP contribution is 2.20. The monoisotopic (exact) mass is 158 g/mol. The summed E-state index contributed by atoms with van der Waals surface area (Å²) in [5.74, 6) is 0. The molecular formula is C9H4NS. The van der Waals surface area contributed by atoms with Gasteiger partial charge in [0.25, 0.3) is 0 Å². The van der Waals surface area contributed by atoms with Gasteiger partial charge in [-0.05, 0) is 29.0 Å². The van der Waals surface area contributed by atoms with Gasteiger partial charge in [0.05, 0.1) is 11.6 Å². The third kappa shape index (κ3) is 0.997. The van der Waals surface area contributed by atoms with Gasteiger partial charge >= 0.3 is 0 Å². The number of thiophene rings is 1. The molecule has 2 rings (SSSR count). The van der Waals surface area contributed by atoms with Crippen molar-refractivity contribution in [3.05, 3.63) is 35.2 Å². The third-order valence-electron chi connectivity index (χ3n) is 1.51. The summed E-state index contributed by atoms with van der Waals surface area (Å²) in [5.41, 5.74) is 0.611. The quantitative estimate of drug-likeness (QED) is 0.578. The Morgan fingerprint density at radius 1 is 1.55 bits per heavy atom. The maximum absolute atomic E-state index is 8.56. The standard InChI is InChI=1S/C9H4NS/c10-6-7-1-2-8-3-4-11-9(8)5-7/h2-5H. The van der Waals surface area contributed by atoms with Crippen molar-refractivity contribution in [2.75, 3.05) is 0 Å². The molecule has 0 aliphatic carbocycles. The van der Waals surface area contributed by atoms with E-state index < -0.39 is 0 Å². The van der Waals surface area contributed by atoms with Crippen molar-refractivity contribution in [3.8, 4) is 6.07 Å². The lowest BCUT2D eigenvalue weighted by atomic mass is 10.2. The van der Waals surface area contributed by atoms with Gasteiger partial charge in [0, 0.05) is 10.8 Å². The molecule has 0 N–H and O–H groups in total. The van der Waals surface area contributed by atoms with E-state index in [1.165, 1.54) is 0 Å². The van der Waals surface area contributed by atoms with Crippen molar-refractivity contribution < 1.29 is 0 Å². The van der Waals surface area contributed by atoms with Crippen LogP contribution in [-0.2, 0) is 0 Å². The third-order valence-corrected chi connectivity index (χ3v) is 2.39. The van der Waals surface area contributed by atoms with E-state index >= 15 is 0 Å². The highest BCUT2D eigenvalue weighted by Gasteiger charge is 1.95. The van der Waals surface area contributed by atoms with Gasteiger partial charge < -0.3 is 0 Å². The molecule has 0 fully saturated rings. The fourth-order valence-electron chi connectivity index (χ4n) is 0.960. The topological polar surface area (TPSA) is 23.8 Å². The van der Waals surface area contributed by atoms with E-state index in [-0.39, 0.29) is 0 Å². The molecule has 0 bridgehead atoms. The van der Waals surface area contributed by atoms with Crippen LogP contribution in [0.5, 0.6) is 0 Å². The first-order valence-corrected chi connectivity index (χ1v) is 4.07. The molecule has 1 aromatic heterocycles. The van der Waals surface area contributed by atoms with Crippen LogP contribution in [0.1, 0.15) is 5.56 Å². The number of benzene rings is 1. The molecule has 1 nitrogen and oxygen atoms in total. The normalized spacial score (nSPS) is 9.73. The SMILES string of the molecule is N#Cc1[c]cc2ccsc2c1. The lowest BCUT2D eigenvalue weighted by molar-refractivity contribution is 1.49. The van der Waals surface area contributed by atoms with Gasteiger partial charge in [-0.3, -0.25) is 0 Å². The van der Waals surface area contributed by atoms with E-state index in [4.69, 9.17) is 5.26 Å². The first-order valence-electron chi connectivity index (χ1n) is 3.19. The number of rotatable bonds is 0. The van der Waals surface area contributed by atoms with E-state index in [9.17, 15) is 0 Å². The highest BCUT2D eigenvalue weighted by molar-refractivity contribution is 7.17. The Hall–Kier alpha value is -1.33. The molecule has 0 atom stereocenters. The molecule has 0 spiro atoms. The summed E-state index contributed by atoms with van der Waals surface area (Å²) >= 11 is 1.65. The molecule has 1 heterocycles. The minimum absolute atomic E-state index is 0.611. The van der Waals surface area contributed by atoms with Crippen molar-refractivity contribution in [2.45, 2.75) is 0 Å². The van der Waals surface area contributed by atoms with Crippen LogP contribution in [0.25, 0.3) is 10.1 Å². The fraction of sp³-hybridized carbons (Fsp3) is 0. The molecule has 1 radical (unpaired) electrons. The Labute approximate surface area is 68.5 Å². The first kappa shape index (κ1) is 6.38. The van der Waals surface area contributed by atoms with Crippen LogP contribution < -0.4 is 0 Å². The largest absolute Gasteiger partial charge is 0.192 e. The zero-order valence-corrected chi connectivity index (χ0v) is 6.48. The summed E-state index contributed by atoms with van der Waals surface area (Å²) in [6, 6.07) is 10.7. The number of nitrogens with zero attached hydrogens (tertiary/aromatic N) is 1. The van der Waals surface area contributed by atoms with Crippen LogP contribution in [0.4, 0.5) is 0 Å². The van der Waals surface area contributed by atoms with Crippen LogP contribution in [0, 0.1) is 17.4 Å². The Morgan fingerprint density at radius 3 is 3.27 bits per heavy atom. The summed E-state index contributed by atoms with van der Waals surface area (Å²) in [4.78, 5) is 0. The Balaban J connectivity index is 2.79.